The van der Waals surface area contributed by atoms with Gasteiger partial charge in [-0.2, -0.15) is 10.3 Å². The highest BCUT2D eigenvalue weighted by atomic mass is 32.2. The molecule has 0 bridgehead atoms. The molecule has 13 heavy (non-hydrogen) atoms. The lowest BCUT2D eigenvalue weighted by molar-refractivity contribution is 0.626. The largest absolute Gasteiger partial charge is 0.205 e. The topological polar surface area (TPSA) is 36.1 Å². The Labute approximate surface area is 84.1 Å². The maximum Gasteiger partial charge on any atom is 0.150 e. The number of halogens is 1. The van der Waals surface area contributed by atoms with Crippen molar-refractivity contribution in [2.75, 3.05) is 0 Å². The van der Waals surface area contributed by atoms with Crippen molar-refractivity contribution in [1.82, 2.24) is 0 Å². The van der Waals surface area contributed by atoms with E-state index in [1.807, 2.05) is 5.40 Å². The normalized spacial score (nSPS) is 8.62. The van der Waals surface area contributed by atoms with Crippen LogP contribution in [-0.4, -0.2) is 5.16 Å². The fourth-order valence-corrected chi connectivity index (χ4v) is 1.25. The molecule has 0 fully saturated rings. The fourth-order valence-electron chi connectivity index (χ4n) is 0.744. The number of thiocarbonyl (C=S) groups is 1. The summed E-state index contributed by atoms with van der Waals surface area (Å²) in [6.07, 6.45) is 0. The molecule has 1 aromatic carbocycles. The van der Waals surface area contributed by atoms with Crippen molar-refractivity contribution in [3.05, 3.63) is 24.0 Å². The highest BCUT2D eigenvalue weighted by Gasteiger charge is 2.01. The molecule has 0 heterocycles. The molecule has 5 heteroatoms. The van der Waals surface area contributed by atoms with Crippen molar-refractivity contribution in [2.45, 2.75) is 4.90 Å². The number of nitriles is 1. The first-order chi connectivity index (χ1) is 6.27. The minimum absolute atomic E-state index is 0.136. The molecule has 0 unspecified atom stereocenters. The maximum absolute atomic E-state index is 13.1. The van der Waals surface area contributed by atoms with Crippen molar-refractivity contribution >= 4 is 34.8 Å². The first-order valence-electron chi connectivity index (χ1n) is 3.21. The van der Waals surface area contributed by atoms with Gasteiger partial charge in [0.05, 0.1) is 5.16 Å². The third-order valence-electron chi connectivity index (χ3n) is 1.25. The van der Waals surface area contributed by atoms with Crippen LogP contribution < -0.4 is 0 Å². The number of nitrogens with zero attached hydrogens (tertiary/aromatic N) is 2. The van der Waals surface area contributed by atoms with Crippen LogP contribution in [-0.2, 0) is 0 Å². The van der Waals surface area contributed by atoms with Gasteiger partial charge in [0.1, 0.15) is 11.1 Å². The van der Waals surface area contributed by atoms with Gasteiger partial charge >= 0.3 is 0 Å². The predicted molar refractivity (Wildman–Crippen MR) is 52.6 cm³/mol. The minimum atomic E-state index is -0.502. The van der Waals surface area contributed by atoms with Crippen molar-refractivity contribution in [3.63, 3.8) is 0 Å². The van der Waals surface area contributed by atoms with Crippen molar-refractivity contribution in [3.8, 4) is 5.40 Å². The second kappa shape index (κ2) is 4.73. The summed E-state index contributed by atoms with van der Waals surface area (Å²) in [6, 6.07) is 4.29. The molecule has 0 aliphatic heterocycles. The Morgan fingerprint density at radius 2 is 2.31 bits per heavy atom. The highest BCUT2D eigenvalue weighted by Crippen LogP contribution is 2.24. The van der Waals surface area contributed by atoms with E-state index in [9.17, 15) is 4.39 Å². The third-order valence-corrected chi connectivity index (χ3v) is 1.92. The van der Waals surface area contributed by atoms with Crippen LogP contribution in [0.15, 0.2) is 28.1 Å². The average Bonchev–Trinajstić information content (AvgIpc) is 2.10. The molecule has 0 aromatic heterocycles. The van der Waals surface area contributed by atoms with E-state index in [0.717, 1.165) is 11.8 Å². The molecule has 0 saturated carbocycles. The number of isothiocyanates is 1. The van der Waals surface area contributed by atoms with Crippen LogP contribution in [0.3, 0.4) is 0 Å². The summed E-state index contributed by atoms with van der Waals surface area (Å²) in [5.74, 6) is -0.502. The summed E-state index contributed by atoms with van der Waals surface area (Å²) in [5, 5.41) is 12.2. The molecule has 0 amide bonds. The number of aliphatic imine (C=N–C) groups is 1. The third kappa shape index (κ3) is 2.63. The summed E-state index contributed by atoms with van der Waals surface area (Å²) >= 11 is 5.23. The van der Waals surface area contributed by atoms with Gasteiger partial charge in [0.2, 0.25) is 0 Å². The van der Waals surface area contributed by atoms with Gasteiger partial charge in [0.25, 0.3) is 0 Å². The Hall–Kier alpha value is -1.21. The summed E-state index contributed by atoms with van der Waals surface area (Å²) in [4.78, 5) is 4.05. The van der Waals surface area contributed by atoms with Crippen LogP contribution in [0.1, 0.15) is 0 Å². The Morgan fingerprint density at radius 3 is 2.85 bits per heavy atom. The molecular weight excluding hydrogens is 207 g/mol. The van der Waals surface area contributed by atoms with E-state index in [-0.39, 0.29) is 5.69 Å². The SMILES string of the molecule is N#CSc1ccc(N=C=S)c(F)c1. The molecule has 1 rings (SSSR count). The van der Waals surface area contributed by atoms with Crippen LogP contribution in [0.25, 0.3) is 0 Å². The molecule has 2 nitrogen and oxygen atoms in total. The Bertz CT molecular complexity index is 405. The second-order valence-corrected chi connectivity index (χ2v) is 3.05. The van der Waals surface area contributed by atoms with E-state index in [0.29, 0.717) is 4.90 Å². The number of thiocyanates is 1. The Kier molecular flexibility index (Phi) is 3.59. The molecule has 0 radical (unpaired) electrons. The van der Waals surface area contributed by atoms with Gasteiger partial charge in [-0.3, -0.25) is 0 Å². The zero-order valence-electron chi connectivity index (χ0n) is 6.32. The van der Waals surface area contributed by atoms with Crippen molar-refractivity contribution in [2.24, 2.45) is 4.99 Å². The predicted octanol–water partition coefficient (Wildman–Crippen LogP) is 3.13. The van der Waals surface area contributed by atoms with Gasteiger partial charge in [-0.1, -0.05) is 0 Å². The van der Waals surface area contributed by atoms with Crippen LogP contribution in [0, 0.1) is 16.5 Å². The molecule has 1 aromatic rings. The van der Waals surface area contributed by atoms with Crippen molar-refractivity contribution < 1.29 is 4.39 Å². The molecular formula is C8H3FN2S2. The fraction of sp³-hybridized carbons (Fsp3) is 0. The Morgan fingerprint density at radius 1 is 1.54 bits per heavy atom. The maximum atomic E-state index is 13.1. The van der Waals surface area contributed by atoms with Gasteiger partial charge < -0.3 is 0 Å². The first-order valence-corrected chi connectivity index (χ1v) is 4.43. The van der Waals surface area contributed by atoms with Crippen LogP contribution in [0.5, 0.6) is 0 Å². The van der Waals surface area contributed by atoms with Crippen molar-refractivity contribution in [1.29, 1.82) is 5.26 Å². The lowest BCUT2D eigenvalue weighted by Gasteiger charge is -1.96. The summed E-state index contributed by atoms with van der Waals surface area (Å²) in [5.41, 5.74) is 0.136. The molecule has 64 valence electrons. The number of hydrogen-bond acceptors (Lipinski definition) is 4. The lowest BCUT2D eigenvalue weighted by Crippen LogP contribution is -1.76. The van der Waals surface area contributed by atoms with E-state index in [1.165, 1.54) is 12.1 Å². The van der Waals surface area contributed by atoms with Crippen LogP contribution >= 0.6 is 24.0 Å². The van der Waals surface area contributed by atoms with E-state index < -0.39 is 5.82 Å². The molecule has 0 saturated heterocycles. The highest BCUT2D eigenvalue weighted by molar-refractivity contribution is 8.03. The number of thioether (sulfide) groups is 1. The molecule has 0 aliphatic rings. The van der Waals surface area contributed by atoms with Gasteiger partial charge in [0.15, 0.2) is 5.82 Å². The summed E-state index contributed by atoms with van der Waals surface area (Å²) in [6.45, 7) is 0. The minimum Gasteiger partial charge on any atom is -0.205 e. The van der Waals surface area contributed by atoms with E-state index in [2.05, 4.69) is 22.4 Å². The van der Waals surface area contributed by atoms with Gasteiger partial charge in [-0.25, -0.2) is 4.39 Å². The van der Waals surface area contributed by atoms with Gasteiger partial charge in [0, 0.05) is 4.90 Å². The lowest BCUT2D eigenvalue weighted by atomic mass is 10.3. The number of rotatable bonds is 2. The first kappa shape index (κ1) is 9.87. The standard InChI is InChI=1S/C8H3FN2S2/c9-7-3-6(13-4-10)1-2-8(7)11-5-12/h1-3H. The summed E-state index contributed by atoms with van der Waals surface area (Å²) in [7, 11) is 0. The van der Waals surface area contributed by atoms with Crippen LogP contribution in [0.2, 0.25) is 0 Å². The Balaban J connectivity index is 3.06. The average molecular weight is 210 g/mol. The van der Waals surface area contributed by atoms with E-state index >= 15 is 0 Å². The number of hydrogen-bond donors (Lipinski definition) is 0. The molecule has 0 atom stereocenters. The van der Waals surface area contributed by atoms with E-state index in [4.69, 9.17) is 5.26 Å². The van der Waals surface area contributed by atoms with Crippen LogP contribution in [0.4, 0.5) is 10.1 Å². The number of benzene rings is 1. The van der Waals surface area contributed by atoms with Gasteiger partial charge in [-0.05, 0) is 42.2 Å². The smallest absolute Gasteiger partial charge is 0.150 e. The molecule has 0 aliphatic carbocycles. The molecule has 0 spiro atoms. The van der Waals surface area contributed by atoms with Gasteiger partial charge in [-0.15, -0.1) is 0 Å². The quantitative estimate of drug-likeness (QED) is 0.325. The zero-order chi connectivity index (χ0) is 9.68. The van der Waals surface area contributed by atoms with E-state index in [1.54, 1.807) is 6.07 Å². The summed E-state index contributed by atoms with van der Waals surface area (Å²) < 4.78 is 13.1. The molecule has 0 N–H and O–H groups in total. The monoisotopic (exact) mass is 210 g/mol. The second-order valence-electron chi connectivity index (χ2n) is 2.01. The zero-order valence-corrected chi connectivity index (χ0v) is 7.95.